The molecule has 0 atom stereocenters. The number of amidine groups is 1. The van der Waals surface area contributed by atoms with E-state index in [-0.39, 0.29) is 5.41 Å². The van der Waals surface area contributed by atoms with E-state index >= 15 is 0 Å². The minimum absolute atomic E-state index is 0.0986. The van der Waals surface area contributed by atoms with Crippen LogP contribution in [0.5, 0.6) is 5.75 Å². The lowest BCUT2D eigenvalue weighted by Crippen LogP contribution is -2.28. The third-order valence-corrected chi connectivity index (χ3v) is 2.17. The van der Waals surface area contributed by atoms with Gasteiger partial charge in [-0.25, -0.2) is 4.99 Å². The smallest absolute Gasteiger partial charge is 0.119 e. The molecule has 0 aromatic heterocycles. The van der Waals surface area contributed by atoms with Crippen LogP contribution in [0.25, 0.3) is 0 Å². The van der Waals surface area contributed by atoms with Crippen LogP contribution in [-0.4, -0.2) is 12.4 Å². The largest absolute Gasteiger partial charge is 0.494 e. The molecule has 0 saturated heterocycles. The van der Waals surface area contributed by atoms with Gasteiger partial charge in [0.2, 0.25) is 0 Å². The van der Waals surface area contributed by atoms with Crippen LogP contribution in [0.2, 0.25) is 0 Å². The SMILES string of the molecule is CCOc1ccc(N=C(N)C(C)(C)C)cc1. The van der Waals surface area contributed by atoms with Crippen LogP contribution < -0.4 is 10.5 Å². The van der Waals surface area contributed by atoms with Crippen LogP contribution in [0.3, 0.4) is 0 Å². The van der Waals surface area contributed by atoms with Crippen LogP contribution in [0.15, 0.2) is 29.3 Å². The molecule has 0 radical (unpaired) electrons. The van der Waals surface area contributed by atoms with Crippen molar-refractivity contribution in [2.24, 2.45) is 16.1 Å². The van der Waals surface area contributed by atoms with E-state index in [0.29, 0.717) is 12.4 Å². The number of hydrogen-bond acceptors (Lipinski definition) is 2. The summed E-state index contributed by atoms with van der Waals surface area (Å²) in [6, 6.07) is 7.61. The second kappa shape index (κ2) is 5.01. The minimum Gasteiger partial charge on any atom is -0.494 e. The number of aliphatic imine (C=N–C) groups is 1. The van der Waals surface area contributed by atoms with Crippen molar-refractivity contribution in [3.05, 3.63) is 24.3 Å². The van der Waals surface area contributed by atoms with Gasteiger partial charge in [-0.05, 0) is 31.2 Å². The summed E-state index contributed by atoms with van der Waals surface area (Å²) in [4.78, 5) is 4.37. The summed E-state index contributed by atoms with van der Waals surface area (Å²) in [6.45, 7) is 8.76. The Morgan fingerprint density at radius 1 is 1.25 bits per heavy atom. The Labute approximate surface area is 97.3 Å². The van der Waals surface area contributed by atoms with Crippen LogP contribution in [-0.2, 0) is 0 Å². The Balaban J connectivity index is 2.83. The van der Waals surface area contributed by atoms with Gasteiger partial charge in [-0.2, -0.15) is 0 Å². The maximum atomic E-state index is 5.90. The van der Waals surface area contributed by atoms with Gasteiger partial charge in [-0.1, -0.05) is 20.8 Å². The van der Waals surface area contributed by atoms with Crippen molar-refractivity contribution in [1.29, 1.82) is 0 Å². The maximum absolute atomic E-state index is 5.90. The van der Waals surface area contributed by atoms with Crippen LogP contribution in [0.1, 0.15) is 27.7 Å². The number of rotatable bonds is 3. The van der Waals surface area contributed by atoms with Crippen LogP contribution in [0.4, 0.5) is 5.69 Å². The lowest BCUT2D eigenvalue weighted by Gasteiger charge is -2.17. The van der Waals surface area contributed by atoms with Crippen LogP contribution >= 0.6 is 0 Å². The average molecular weight is 220 g/mol. The number of nitrogens with two attached hydrogens (primary N) is 1. The molecule has 0 spiro atoms. The molecule has 0 fully saturated rings. The zero-order valence-electron chi connectivity index (χ0n) is 10.4. The fourth-order valence-electron chi connectivity index (χ4n) is 1.09. The molecular formula is C13H20N2O. The summed E-state index contributed by atoms with van der Waals surface area (Å²) in [5.41, 5.74) is 6.66. The average Bonchev–Trinajstić information content (AvgIpc) is 2.20. The van der Waals surface area contributed by atoms with E-state index in [1.807, 2.05) is 52.0 Å². The Bertz CT molecular complexity index is 361. The van der Waals surface area contributed by atoms with Gasteiger partial charge in [-0.15, -0.1) is 0 Å². The molecule has 1 aromatic rings. The number of nitrogens with zero attached hydrogens (tertiary/aromatic N) is 1. The van der Waals surface area contributed by atoms with Crippen molar-refractivity contribution in [1.82, 2.24) is 0 Å². The lowest BCUT2D eigenvalue weighted by molar-refractivity contribution is 0.340. The van der Waals surface area contributed by atoms with Crippen molar-refractivity contribution in [3.63, 3.8) is 0 Å². The van der Waals surface area contributed by atoms with Crippen molar-refractivity contribution < 1.29 is 4.74 Å². The minimum atomic E-state index is -0.0986. The summed E-state index contributed by atoms with van der Waals surface area (Å²) in [6.07, 6.45) is 0. The van der Waals surface area contributed by atoms with Gasteiger partial charge in [0.1, 0.15) is 11.6 Å². The predicted molar refractivity (Wildman–Crippen MR) is 68.3 cm³/mol. The van der Waals surface area contributed by atoms with Gasteiger partial charge in [-0.3, -0.25) is 0 Å². The monoisotopic (exact) mass is 220 g/mol. The predicted octanol–water partition coefficient (Wildman–Crippen LogP) is 3.12. The molecule has 0 heterocycles. The summed E-state index contributed by atoms with van der Waals surface area (Å²) in [5.74, 6) is 1.49. The molecule has 3 nitrogen and oxygen atoms in total. The van der Waals surface area contributed by atoms with Gasteiger partial charge in [0.15, 0.2) is 0 Å². The Kier molecular flexibility index (Phi) is 3.93. The van der Waals surface area contributed by atoms with Crippen molar-refractivity contribution >= 4 is 11.5 Å². The van der Waals surface area contributed by atoms with Crippen molar-refractivity contribution in [2.75, 3.05) is 6.61 Å². The molecule has 1 rings (SSSR count). The molecule has 0 amide bonds. The first-order valence-electron chi connectivity index (χ1n) is 5.51. The van der Waals surface area contributed by atoms with E-state index in [4.69, 9.17) is 10.5 Å². The van der Waals surface area contributed by atoms with Crippen molar-refractivity contribution in [2.45, 2.75) is 27.7 Å². The summed E-state index contributed by atoms with van der Waals surface area (Å²) >= 11 is 0. The third-order valence-electron chi connectivity index (χ3n) is 2.17. The fraction of sp³-hybridized carbons (Fsp3) is 0.462. The molecule has 0 saturated carbocycles. The Morgan fingerprint density at radius 3 is 2.25 bits per heavy atom. The first kappa shape index (κ1) is 12.6. The Morgan fingerprint density at radius 2 is 1.81 bits per heavy atom. The molecule has 16 heavy (non-hydrogen) atoms. The maximum Gasteiger partial charge on any atom is 0.119 e. The molecule has 0 unspecified atom stereocenters. The lowest BCUT2D eigenvalue weighted by atomic mass is 9.95. The zero-order valence-corrected chi connectivity index (χ0v) is 10.4. The van der Waals surface area contributed by atoms with Gasteiger partial charge in [0.05, 0.1) is 12.3 Å². The number of benzene rings is 1. The Hall–Kier alpha value is -1.51. The fourth-order valence-corrected chi connectivity index (χ4v) is 1.09. The summed E-state index contributed by atoms with van der Waals surface area (Å²) < 4.78 is 5.35. The normalized spacial score (nSPS) is 12.6. The van der Waals surface area contributed by atoms with Gasteiger partial charge >= 0.3 is 0 Å². The second-order valence-corrected chi connectivity index (χ2v) is 4.67. The quantitative estimate of drug-likeness (QED) is 0.628. The molecule has 3 heteroatoms. The van der Waals surface area contributed by atoms with E-state index in [1.165, 1.54) is 0 Å². The van der Waals surface area contributed by atoms with Crippen molar-refractivity contribution in [3.8, 4) is 5.75 Å². The van der Waals surface area contributed by atoms with E-state index in [1.54, 1.807) is 0 Å². The second-order valence-electron chi connectivity index (χ2n) is 4.67. The number of ether oxygens (including phenoxy) is 1. The van der Waals surface area contributed by atoms with Gasteiger partial charge in [0.25, 0.3) is 0 Å². The third kappa shape index (κ3) is 3.57. The molecule has 0 aliphatic carbocycles. The molecule has 88 valence electrons. The molecule has 2 N–H and O–H groups in total. The van der Waals surface area contributed by atoms with E-state index in [2.05, 4.69) is 4.99 Å². The highest BCUT2D eigenvalue weighted by Gasteiger charge is 2.15. The highest BCUT2D eigenvalue weighted by atomic mass is 16.5. The topological polar surface area (TPSA) is 47.6 Å². The van der Waals surface area contributed by atoms with E-state index < -0.39 is 0 Å². The highest BCUT2D eigenvalue weighted by Crippen LogP contribution is 2.21. The number of hydrogen-bond donors (Lipinski definition) is 1. The first-order valence-corrected chi connectivity index (χ1v) is 5.51. The first-order chi connectivity index (χ1) is 7.43. The highest BCUT2D eigenvalue weighted by molar-refractivity contribution is 5.87. The molecule has 0 bridgehead atoms. The molecule has 0 aliphatic rings. The van der Waals surface area contributed by atoms with Gasteiger partial charge in [0, 0.05) is 5.41 Å². The molecule has 1 aromatic carbocycles. The van der Waals surface area contributed by atoms with Crippen LogP contribution in [0, 0.1) is 5.41 Å². The zero-order chi connectivity index (χ0) is 12.2. The summed E-state index contributed by atoms with van der Waals surface area (Å²) in [7, 11) is 0. The van der Waals surface area contributed by atoms with Gasteiger partial charge < -0.3 is 10.5 Å². The summed E-state index contributed by atoms with van der Waals surface area (Å²) in [5, 5.41) is 0. The van der Waals surface area contributed by atoms with E-state index in [0.717, 1.165) is 11.4 Å². The standard InChI is InChI=1S/C13H20N2O/c1-5-16-11-8-6-10(7-9-11)15-12(14)13(2,3)4/h6-9H,5H2,1-4H3,(H2,14,15). The van der Waals surface area contributed by atoms with E-state index in [9.17, 15) is 0 Å². The molecule has 0 aliphatic heterocycles. The molecular weight excluding hydrogens is 200 g/mol.